The normalized spacial score (nSPS) is 18.9. The van der Waals surface area contributed by atoms with Crippen molar-refractivity contribution in [3.63, 3.8) is 0 Å². The van der Waals surface area contributed by atoms with Gasteiger partial charge in [-0.1, -0.05) is 18.2 Å². The van der Waals surface area contributed by atoms with Crippen molar-refractivity contribution in [2.75, 3.05) is 19.5 Å². The number of likely N-dealkylation sites (tertiary alicyclic amines) is 1. The smallest absolute Gasteiger partial charge is 0.416 e. The molecular weight excluding hydrogens is 425 g/mol. The Bertz CT molecular complexity index is 1030. The topological polar surface area (TPSA) is 75.7 Å². The second-order valence-electron chi connectivity index (χ2n) is 7.72. The number of aryl methyl sites for hydroxylation is 1. The average molecular weight is 448 g/mol. The third-order valence-corrected chi connectivity index (χ3v) is 5.69. The maximum atomic E-state index is 13.2. The van der Waals surface area contributed by atoms with Gasteiger partial charge in [-0.05, 0) is 48.7 Å². The number of carbonyl (C=O) groups is 3. The number of hydrogen-bond donors (Lipinski definition) is 1. The number of esters is 1. The van der Waals surface area contributed by atoms with Gasteiger partial charge < -0.3 is 15.0 Å². The molecule has 1 heterocycles. The Balaban J connectivity index is 1.90. The van der Waals surface area contributed by atoms with E-state index in [1.165, 1.54) is 37.3 Å². The van der Waals surface area contributed by atoms with Crippen LogP contribution in [0.15, 0.2) is 42.5 Å². The van der Waals surface area contributed by atoms with Crippen LogP contribution in [0, 0.1) is 12.8 Å². The van der Waals surface area contributed by atoms with E-state index in [1.807, 2.05) is 0 Å². The zero-order valence-electron chi connectivity index (χ0n) is 17.8. The Morgan fingerprint density at radius 2 is 1.78 bits per heavy atom. The molecule has 3 rings (SSSR count). The van der Waals surface area contributed by atoms with E-state index >= 15 is 0 Å². The molecule has 1 aliphatic heterocycles. The van der Waals surface area contributed by atoms with Crippen molar-refractivity contribution in [1.29, 1.82) is 0 Å². The molecule has 6 nitrogen and oxygen atoms in total. The van der Waals surface area contributed by atoms with Crippen molar-refractivity contribution < 1.29 is 32.3 Å². The van der Waals surface area contributed by atoms with Crippen LogP contribution in [0.4, 0.5) is 18.9 Å². The number of anilines is 1. The van der Waals surface area contributed by atoms with Crippen LogP contribution in [0.3, 0.4) is 0 Å². The van der Waals surface area contributed by atoms with E-state index in [0.29, 0.717) is 11.3 Å². The van der Waals surface area contributed by atoms with Crippen molar-refractivity contribution >= 4 is 23.5 Å². The molecule has 32 heavy (non-hydrogen) atoms. The van der Waals surface area contributed by atoms with E-state index in [-0.39, 0.29) is 30.2 Å². The number of hydrogen-bond acceptors (Lipinski definition) is 4. The second-order valence-corrected chi connectivity index (χ2v) is 7.72. The van der Waals surface area contributed by atoms with Crippen LogP contribution >= 0.6 is 0 Å². The molecule has 2 atom stereocenters. The van der Waals surface area contributed by atoms with Gasteiger partial charge in [-0.25, -0.2) is 4.79 Å². The summed E-state index contributed by atoms with van der Waals surface area (Å²) in [5.74, 6) is -1.82. The Hall–Kier alpha value is -3.36. The van der Waals surface area contributed by atoms with Gasteiger partial charge in [-0.15, -0.1) is 0 Å². The molecule has 9 heteroatoms. The van der Waals surface area contributed by atoms with Crippen LogP contribution in [-0.4, -0.2) is 36.8 Å². The second kappa shape index (κ2) is 9.02. The summed E-state index contributed by atoms with van der Waals surface area (Å²) in [6, 6.07) is 8.52. The first-order valence-electron chi connectivity index (χ1n) is 9.95. The first kappa shape index (κ1) is 23.3. The molecule has 2 amide bonds. The largest absolute Gasteiger partial charge is 0.465 e. The molecule has 1 N–H and O–H groups in total. The van der Waals surface area contributed by atoms with Crippen LogP contribution in [-0.2, 0) is 20.5 Å². The molecular formula is C23H23F3N2O4. The first-order valence-corrected chi connectivity index (χ1v) is 9.95. The van der Waals surface area contributed by atoms with E-state index in [4.69, 9.17) is 4.74 Å². The van der Waals surface area contributed by atoms with Gasteiger partial charge in [0.1, 0.15) is 0 Å². The summed E-state index contributed by atoms with van der Waals surface area (Å²) in [4.78, 5) is 38.7. The van der Waals surface area contributed by atoms with Gasteiger partial charge in [0, 0.05) is 19.2 Å². The van der Waals surface area contributed by atoms with Crippen molar-refractivity contribution in [1.82, 2.24) is 4.90 Å². The molecule has 2 aromatic rings. The third-order valence-electron chi connectivity index (χ3n) is 5.69. The molecule has 1 saturated heterocycles. The van der Waals surface area contributed by atoms with Gasteiger partial charge in [-0.2, -0.15) is 13.2 Å². The minimum atomic E-state index is -4.48. The van der Waals surface area contributed by atoms with E-state index in [0.717, 1.165) is 17.7 Å². The van der Waals surface area contributed by atoms with Crippen LogP contribution in [0.25, 0.3) is 0 Å². The van der Waals surface area contributed by atoms with Crippen LogP contribution in [0.1, 0.15) is 45.9 Å². The lowest BCUT2D eigenvalue weighted by molar-refractivity contribution is -0.140. The molecule has 1 fully saturated rings. The minimum Gasteiger partial charge on any atom is -0.465 e. The van der Waals surface area contributed by atoms with Crippen molar-refractivity contribution in [3.05, 3.63) is 64.7 Å². The summed E-state index contributed by atoms with van der Waals surface area (Å²) in [5, 5.41) is 2.81. The lowest BCUT2D eigenvalue weighted by atomic mass is 9.83. The number of halogens is 3. The highest BCUT2D eigenvalue weighted by Crippen LogP contribution is 2.38. The van der Waals surface area contributed by atoms with Crippen molar-refractivity contribution in [2.24, 2.45) is 5.92 Å². The van der Waals surface area contributed by atoms with Gasteiger partial charge in [0.05, 0.1) is 30.2 Å². The van der Waals surface area contributed by atoms with Gasteiger partial charge in [-0.3, -0.25) is 9.59 Å². The molecule has 0 aliphatic carbocycles. The molecule has 2 aromatic carbocycles. The highest BCUT2D eigenvalue weighted by atomic mass is 19.4. The molecule has 2 unspecified atom stereocenters. The standard InChI is InChI=1S/C23H23F3N2O4/c1-13-4-5-15(22(31)32-3)12-18(13)27-21(30)17-10-11-19(29)28(2)20(17)14-6-8-16(9-7-14)23(24,25)26/h4-9,12,17,20H,10-11H2,1-3H3,(H,27,30). The average Bonchev–Trinajstić information content (AvgIpc) is 2.75. The summed E-state index contributed by atoms with van der Waals surface area (Å²) in [7, 11) is 2.79. The van der Waals surface area contributed by atoms with Crippen LogP contribution in [0.5, 0.6) is 0 Å². The number of alkyl halides is 3. The number of nitrogens with one attached hydrogen (secondary N) is 1. The number of carbonyl (C=O) groups excluding carboxylic acids is 3. The number of benzene rings is 2. The quantitative estimate of drug-likeness (QED) is 0.706. The van der Waals surface area contributed by atoms with E-state index in [9.17, 15) is 27.6 Å². The Morgan fingerprint density at radius 3 is 2.38 bits per heavy atom. The van der Waals surface area contributed by atoms with E-state index < -0.39 is 29.7 Å². The van der Waals surface area contributed by atoms with Gasteiger partial charge >= 0.3 is 12.1 Å². The number of amides is 2. The molecule has 0 radical (unpaired) electrons. The number of methoxy groups -OCH3 is 1. The summed E-state index contributed by atoms with van der Waals surface area (Å²) >= 11 is 0. The van der Waals surface area contributed by atoms with E-state index in [2.05, 4.69) is 5.32 Å². The Morgan fingerprint density at radius 1 is 1.12 bits per heavy atom. The van der Waals surface area contributed by atoms with E-state index in [1.54, 1.807) is 19.1 Å². The maximum Gasteiger partial charge on any atom is 0.416 e. The van der Waals surface area contributed by atoms with Gasteiger partial charge in [0.15, 0.2) is 0 Å². The van der Waals surface area contributed by atoms with Gasteiger partial charge in [0.2, 0.25) is 11.8 Å². The predicted molar refractivity (Wildman–Crippen MR) is 111 cm³/mol. The predicted octanol–water partition coefficient (Wildman–Crippen LogP) is 4.35. The number of ether oxygens (including phenoxy) is 1. The fourth-order valence-electron chi connectivity index (χ4n) is 3.86. The SMILES string of the molecule is COC(=O)c1ccc(C)c(NC(=O)C2CCC(=O)N(C)C2c2ccc(C(F)(F)F)cc2)c1. The third kappa shape index (κ3) is 4.76. The van der Waals surface area contributed by atoms with Crippen molar-refractivity contribution in [3.8, 4) is 0 Å². The zero-order valence-corrected chi connectivity index (χ0v) is 17.8. The highest BCUT2D eigenvalue weighted by molar-refractivity contribution is 5.97. The maximum absolute atomic E-state index is 13.2. The molecule has 0 aromatic heterocycles. The number of rotatable bonds is 4. The monoisotopic (exact) mass is 448 g/mol. The first-order chi connectivity index (χ1) is 15.0. The molecule has 0 saturated carbocycles. The summed E-state index contributed by atoms with van der Waals surface area (Å²) in [6.07, 6.45) is -4.09. The molecule has 1 aliphatic rings. The zero-order chi connectivity index (χ0) is 23.6. The lowest BCUT2D eigenvalue weighted by Gasteiger charge is -2.38. The molecule has 0 spiro atoms. The molecule has 0 bridgehead atoms. The fraction of sp³-hybridized carbons (Fsp3) is 0.348. The summed E-state index contributed by atoms with van der Waals surface area (Å²) in [6.45, 7) is 1.76. The van der Waals surface area contributed by atoms with Crippen molar-refractivity contribution in [2.45, 2.75) is 32.0 Å². The minimum absolute atomic E-state index is 0.146. The number of piperidine rings is 1. The highest BCUT2D eigenvalue weighted by Gasteiger charge is 2.39. The summed E-state index contributed by atoms with van der Waals surface area (Å²) in [5.41, 5.74) is 1.04. The lowest BCUT2D eigenvalue weighted by Crippen LogP contribution is -2.44. The van der Waals surface area contributed by atoms with Gasteiger partial charge in [0.25, 0.3) is 0 Å². The number of nitrogens with zero attached hydrogens (tertiary/aromatic N) is 1. The Labute approximate surface area is 183 Å². The fourth-order valence-corrected chi connectivity index (χ4v) is 3.86. The molecule has 170 valence electrons. The van der Waals surface area contributed by atoms with Crippen LogP contribution < -0.4 is 5.32 Å². The Kier molecular flexibility index (Phi) is 6.57. The summed E-state index contributed by atoms with van der Waals surface area (Å²) < 4.78 is 43.5. The van der Waals surface area contributed by atoms with Crippen LogP contribution in [0.2, 0.25) is 0 Å².